The van der Waals surface area contributed by atoms with Gasteiger partial charge in [0.25, 0.3) is 0 Å². The lowest BCUT2D eigenvalue weighted by Crippen LogP contribution is -2.35. The minimum absolute atomic E-state index is 0.318. The van der Waals surface area contributed by atoms with Crippen LogP contribution in [0.3, 0.4) is 0 Å². The molecule has 1 nitrogen and oxygen atoms in total. The molecule has 1 aromatic rings. The van der Waals surface area contributed by atoms with E-state index in [-0.39, 0.29) is 0 Å². The van der Waals surface area contributed by atoms with E-state index in [4.69, 9.17) is 0 Å². The summed E-state index contributed by atoms with van der Waals surface area (Å²) in [6.45, 7) is 9.65. The molecule has 0 spiro atoms. The third-order valence-corrected chi connectivity index (χ3v) is 6.17. The van der Waals surface area contributed by atoms with E-state index >= 15 is 0 Å². The molecule has 2 aliphatic rings. The summed E-state index contributed by atoms with van der Waals surface area (Å²) >= 11 is 0. The first-order chi connectivity index (χ1) is 9.85. The Labute approximate surface area is 130 Å². The highest BCUT2D eigenvalue weighted by Gasteiger charge is 2.37. The van der Waals surface area contributed by atoms with Gasteiger partial charge in [-0.05, 0) is 66.2 Å². The van der Waals surface area contributed by atoms with Gasteiger partial charge in [-0.1, -0.05) is 52.3 Å². The lowest BCUT2D eigenvalue weighted by Gasteiger charge is -2.43. The van der Waals surface area contributed by atoms with Crippen LogP contribution in [0.5, 0.6) is 0 Å². The maximum atomic E-state index is 3.58. The summed E-state index contributed by atoms with van der Waals surface area (Å²) < 4.78 is 0. The van der Waals surface area contributed by atoms with Crippen LogP contribution in [-0.2, 0) is 10.8 Å². The zero-order valence-corrected chi connectivity index (χ0v) is 14.4. The van der Waals surface area contributed by atoms with Gasteiger partial charge in [0, 0.05) is 6.04 Å². The van der Waals surface area contributed by atoms with Crippen molar-refractivity contribution in [2.45, 2.75) is 76.7 Å². The molecule has 1 N–H and O–H groups in total. The largest absolute Gasteiger partial charge is 0.313 e. The average molecular weight is 285 g/mol. The lowest BCUT2D eigenvalue weighted by molar-refractivity contribution is 0.239. The highest BCUT2D eigenvalue weighted by atomic mass is 14.9. The molecule has 0 aromatic heterocycles. The van der Waals surface area contributed by atoms with Crippen LogP contribution >= 0.6 is 0 Å². The highest BCUT2D eigenvalue weighted by molar-refractivity contribution is 5.44. The Morgan fingerprint density at radius 3 is 2.14 bits per heavy atom. The van der Waals surface area contributed by atoms with Gasteiger partial charge in [-0.3, -0.25) is 0 Å². The number of benzene rings is 1. The molecule has 21 heavy (non-hydrogen) atoms. The Hall–Kier alpha value is -0.820. The third kappa shape index (κ3) is 2.54. The van der Waals surface area contributed by atoms with Crippen molar-refractivity contribution in [2.75, 3.05) is 7.05 Å². The quantitative estimate of drug-likeness (QED) is 0.815. The van der Waals surface area contributed by atoms with Crippen molar-refractivity contribution in [1.29, 1.82) is 0 Å². The Bertz CT molecular complexity index is 523. The maximum absolute atomic E-state index is 3.58. The molecule has 1 unspecified atom stereocenters. The van der Waals surface area contributed by atoms with Crippen LogP contribution in [-0.4, -0.2) is 7.05 Å². The molecule has 0 bridgehead atoms. The van der Waals surface area contributed by atoms with E-state index in [1.54, 1.807) is 11.1 Å². The fourth-order valence-electron chi connectivity index (χ4n) is 4.25. The monoisotopic (exact) mass is 285 g/mol. The summed E-state index contributed by atoms with van der Waals surface area (Å²) in [6.07, 6.45) is 6.77. The van der Waals surface area contributed by atoms with E-state index in [1.807, 2.05) is 0 Å². The van der Waals surface area contributed by atoms with Crippen LogP contribution in [0.1, 0.15) is 82.5 Å². The summed E-state index contributed by atoms with van der Waals surface area (Å²) in [4.78, 5) is 0. The zero-order valence-electron chi connectivity index (χ0n) is 14.4. The van der Waals surface area contributed by atoms with Crippen molar-refractivity contribution in [3.05, 3.63) is 34.9 Å². The molecule has 2 aliphatic carbocycles. The van der Waals surface area contributed by atoms with E-state index in [0.29, 0.717) is 16.9 Å². The van der Waals surface area contributed by atoms with Gasteiger partial charge in [-0.25, -0.2) is 0 Å². The van der Waals surface area contributed by atoms with Crippen molar-refractivity contribution in [3.63, 3.8) is 0 Å². The third-order valence-electron chi connectivity index (χ3n) is 6.17. The second kappa shape index (κ2) is 5.12. The number of hydrogen-bond acceptors (Lipinski definition) is 1. The minimum atomic E-state index is 0.318. The van der Waals surface area contributed by atoms with Crippen molar-refractivity contribution >= 4 is 0 Å². The topological polar surface area (TPSA) is 12.0 Å². The summed E-state index contributed by atoms with van der Waals surface area (Å²) in [5.74, 6) is 0.841. The van der Waals surface area contributed by atoms with Crippen LogP contribution in [0.2, 0.25) is 0 Å². The van der Waals surface area contributed by atoms with Crippen molar-refractivity contribution in [1.82, 2.24) is 5.32 Å². The Balaban J connectivity index is 2.02. The number of hydrogen-bond donors (Lipinski definition) is 1. The Morgan fingerprint density at radius 1 is 1.00 bits per heavy atom. The summed E-state index contributed by atoms with van der Waals surface area (Å²) in [5, 5.41) is 3.58. The first-order valence-electron chi connectivity index (χ1n) is 8.67. The van der Waals surface area contributed by atoms with Crippen molar-refractivity contribution in [3.8, 4) is 0 Å². The Morgan fingerprint density at radius 2 is 1.62 bits per heavy atom. The molecule has 0 saturated heterocycles. The fraction of sp³-hybridized carbons (Fsp3) is 0.700. The maximum Gasteiger partial charge on any atom is 0.0346 e. The van der Waals surface area contributed by atoms with Gasteiger partial charge in [0.1, 0.15) is 0 Å². The van der Waals surface area contributed by atoms with Gasteiger partial charge in [-0.15, -0.1) is 0 Å². The molecule has 1 aromatic carbocycles. The zero-order chi connectivity index (χ0) is 15.3. The van der Waals surface area contributed by atoms with Gasteiger partial charge in [0.2, 0.25) is 0 Å². The van der Waals surface area contributed by atoms with Crippen molar-refractivity contribution < 1.29 is 0 Å². The smallest absolute Gasteiger partial charge is 0.0346 e. The first kappa shape index (κ1) is 15.1. The van der Waals surface area contributed by atoms with Crippen LogP contribution in [0, 0.1) is 5.92 Å². The molecule has 1 fully saturated rings. The molecule has 0 amide bonds. The second-order valence-corrected chi connectivity index (χ2v) is 8.53. The van der Waals surface area contributed by atoms with Crippen LogP contribution in [0.15, 0.2) is 18.2 Å². The molecule has 3 rings (SSSR count). The van der Waals surface area contributed by atoms with Crippen molar-refractivity contribution in [2.24, 2.45) is 5.92 Å². The molecule has 0 radical (unpaired) electrons. The number of nitrogens with one attached hydrogen (secondary N) is 1. The lowest BCUT2D eigenvalue weighted by atomic mass is 9.62. The molecule has 0 heterocycles. The first-order valence-corrected chi connectivity index (χ1v) is 8.67. The molecule has 116 valence electrons. The van der Waals surface area contributed by atoms with Gasteiger partial charge in [-0.2, -0.15) is 0 Å². The van der Waals surface area contributed by atoms with Crippen LogP contribution in [0.4, 0.5) is 0 Å². The van der Waals surface area contributed by atoms with Crippen LogP contribution < -0.4 is 5.32 Å². The molecule has 0 aliphatic heterocycles. The molecule has 1 heteroatoms. The van der Waals surface area contributed by atoms with Crippen LogP contribution in [0.25, 0.3) is 0 Å². The predicted octanol–water partition coefficient (Wildman–Crippen LogP) is 5.10. The van der Waals surface area contributed by atoms with E-state index in [0.717, 1.165) is 5.92 Å². The molecule has 1 atom stereocenters. The normalized spacial score (nSPS) is 25.0. The standard InChI is InChI=1S/C20H31N/c1-19(2)11-12-20(3,4)17-13-15(9-10-16(17)19)18(21-5)14-7-6-8-14/h9-10,13-14,18,21H,6-8,11-12H2,1-5H3. The van der Waals surface area contributed by atoms with Gasteiger partial charge < -0.3 is 5.32 Å². The van der Waals surface area contributed by atoms with Gasteiger partial charge >= 0.3 is 0 Å². The summed E-state index contributed by atoms with van der Waals surface area (Å²) in [5.41, 5.74) is 5.32. The number of rotatable bonds is 3. The van der Waals surface area contributed by atoms with E-state index in [9.17, 15) is 0 Å². The van der Waals surface area contributed by atoms with Gasteiger partial charge in [0.15, 0.2) is 0 Å². The number of fused-ring (bicyclic) bond motifs is 1. The molecule has 1 saturated carbocycles. The average Bonchev–Trinajstić information content (AvgIpc) is 2.39. The fourth-order valence-corrected chi connectivity index (χ4v) is 4.25. The molecular formula is C20H31N. The van der Waals surface area contributed by atoms with Gasteiger partial charge in [0.05, 0.1) is 0 Å². The Kier molecular flexibility index (Phi) is 3.68. The highest BCUT2D eigenvalue weighted by Crippen LogP contribution is 2.47. The SMILES string of the molecule is CNC(c1ccc2c(c1)C(C)(C)CCC2(C)C)C1CCC1. The summed E-state index contributed by atoms with van der Waals surface area (Å²) in [7, 11) is 2.12. The van der Waals surface area contributed by atoms with E-state index in [2.05, 4.69) is 58.3 Å². The van der Waals surface area contributed by atoms with E-state index in [1.165, 1.54) is 37.7 Å². The van der Waals surface area contributed by atoms with E-state index < -0.39 is 0 Å². The summed E-state index contributed by atoms with van der Waals surface area (Å²) in [6, 6.07) is 7.89. The second-order valence-electron chi connectivity index (χ2n) is 8.53. The minimum Gasteiger partial charge on any atom is -0.313 e. The predicted molar refractivity (Wildman–Crippen MR) is 90.9 cm³/mol. The molecular weight excluding hydrogens is 254 g/mol.